The van der Waals surface area contributed by atoms with E-state index in [2.05, 4.69) is 10.3 Å². The van der Waals surface area contributed by atoms with Crippen molar-refractivity contribution >= 4 is 29.0 Å². The number of hydrogen-bond donors (Lipinski definition) is 1. The molecule has 0 aromatic carbocycles. The Balaban J connectivity index is 2.29. The van der Waals surface area contributed by atoms with Gasteiger partial charge >= 0.3 is 0 Å². The van der Waals surface area contributed by atoms with Crippen LogP contribution in [-0.4, -0.2) is 20.4 Å². The molecule has 2 aromatic rings. The van der Waals surface area contributed by atoms with Crippen LogP contribution in [-0.2, 0) is 6.54 Å². The molecule has 1 amide bonds. The van der Waals surface area contributed by atoms with E-state index in [1.165, 1.54) is 23.0 Å². The lowest BCUT2D eigenvalue weighted by Gasteiger charge is -2.07. The second-order valence-corrected chi connectivity index (χ2v) is 4.32. The lowest BCUT2D eigenvalue weighted by atomic mass is 10.3. The first-order valence-corrected chi connectivity index (χ1v) is 6.17. The summed E-state index contributed by atoms with van der Waals surface area (Å²) in [7, 11) is 0. The summed E-state index contributed by atoms with van der Waals surface area (Å²) in [6.07, 6.45) is 2.80. The highest BCUT2D eigenvalue weighted by Gasteiger charge is 2.19. The van der Waals surface area contributed by atoms with Crippen LogP contribution in [0.25, 0.3) is 0 Å². The second kappa shape index (κ2) is 5.70. The van der Waals surface area contributed by atoms with Crippen LogP contribution in [0.4, 0.5) is 11.5 Å². The Hall–Kier alpha value is -2.41. The predicted octanol–water partition coefficient (Wildman–Crippen LogP) is 2.72. The number of anilines is 1. The lowest BCUT2D eigenvalue weighted by molar-refractivity contribution is -0.384. The van der Waals surface area contributed by atoms with Crippen LogP contribution in [0.5, 0.6) is 0 Å². The Morgan fingerprint density at radius 2 is 2.35 bits per heavy atom. The standard InChI is InChI=1S/C12H11ClN4O3/c1-2-16-7-8(17(19)20)6-10(16)12(18)15-11-9(13)4-3-5-14-11/h3-7H,2H2,1H3,(H,14,15,18). The third-order valence-corrected chi connectivity index (χ3v) is 2.96. The Kier molecular flexibility index (Phi) is 3.99. The zero-order chi connectivity index (χ0) is 14.7. The summed E-state index contributed by atoms with van der Waals surface area (Å²) < 4.78 is 1.49. The largest absolute Gasteiger partial charge is 0.337 e. The number of amides is 1. The Morgan fingerprint density at radius 3 is 2.95 bits per heavy atom. The first-order valence-electron chi connectivity index (χ1n) is 5.79. The van der Waals surface area contributed by atoms with Gasteiger partial charge in [-0.25, -0.2) is 4.98 Å². The summed E-state index contributed by atoms with van der Waals surface area (Å²) in [5.74, 6) is -0.286. The van der Waals surface area contributed by atoms with Crippen molar-refractivity contribution in [3.63, 3.8) is 0 Å². The molecule has 0 aliphatic rings. The smallest absolute Gasteiger partial charge is 0.287 e. The van der Waals surface area contributed by atoms with Gasteiger partial charge < -0.3 is 9.88 Å². The van der Waals surface area contributed by atoms with E-state index in [0.29, 0.717) is 11.6 Å². The second-order valence-electron chi connectivity index (χ2n) is 3.91. The first kappa shape index (κ1) is 14.0. The molecular weight excluding hydrogens is 284 g/mol. The van der Waals surface area contributed by atoms with Gasteiger partial charge in [-0.1, -0.05) is 11.6 Å². The number of carbonyl (C=O) groups is 1. The van der Waals surface area contributed by atoms with Crippen molar-refractivity contribution in [2.45, 2.75) is 13.5 Å². The van der Waals surface area contributed by atoms with Crippen LogP contribution in [0.1, 0.15) is 17.4 Å². The van der Waals surface area contributed by atoms with E-state index in [9.17, 15) is 14.9 Å². The van der Waals surface area contributed by atoms with E-state index in [-0.39, 0.29) is 17.2 Å². The van der Waals surface area contributed by atoms with Gasteiger partial charge in [0.25, 0.3) is 11.6 Å². The van der Waals surface area contributed by atoms with Crippen molar-refractivity contribution in [1.82, 2.24) is 9.55 Å². The fourth-order valence-corrected chi connectivity index (χ4v) is 1.86. The Morgan fingerprint density at radius 1 is 1.60 bits per heavy atom. The molecule has 0 aliphatic heterocycles. The molecule has 0 atom stereocenters. The Bertz CT molecular complexity index is 668. The molecule has 0 unspecified atom stereocenters. The molecule has 8 heteroatoms. The van der Waals surface area contributed by atoms with Crippen molar-refractivity contribution in [2.24, 2.45) is 0 Å². The summed E-state index contributed by atoms with van der Waals surface area (Å²) in [5, 5.41) is 13.6. The molecule has 7 nitrogen and oxygen atoms in total. The van der Waals surface area contributed by atoms with Gasteiger partial charge in [0.15, 0.2) is 5.82 Å². The third kappa shape index (κ3) is 2.77. The van der Waals surface area contributed by atoms with E-state index < -0.39 is 10.8 Å². The van der Waals surface area contributed by atoms with Crippen molar-refractivity contribution < 1.29 is 9.72 Å². The summed E-state index contributed by atoms with van der Waals surface area (Å²) in [6, 6.07) is 4.44. The van der Waals surface area contributed by atoms with Crippen LogP contribution < -0.4 is 5.32 Å². The van der Waals surface area contributed by atoms with Crippen LogP contribution >= 0.6 is 11.6 Å². The van der Waals surface area contributed by atoms with Crippen LogP contribution in [0, 0.1) is 10.1 Å². The van der Waals surface area contributed by atoms with E-state index >= 15 is 0 Å². The number of rotatable bonds is 4. The number of pyridine rings is 1. The topological polar surface area (TPSA) is 90.1 Å². The third-order valence-electron chi connectivity index (χ3n) is 2.66. The molecule has 0 spiro atoms. The molecule has 2 rings (SSSR count). The number of nitrogens with zero attached hydrogens (tertiary/aromatic N) is 3. The van der Waals surface area contributed by atoms with Crippen molar-refractivity contribution in [1.29, 1.82) is 0 Å². The molecule has 1 N–H and O–H groups in total. The molecule has 2 heterocycles. The van der Waals surface area contributed by atoms with Crippen LogP contribution in [0.3, 0.4) is 0 Å². The summed E-state index contributed by atoms with van der Waals surface area (Å²) in [4.78, 5) is 26.3. The number of carbonyl (C=O) groups excluding carboxylic acids is 1. The minimum Gasteiger partial charge on any atom is -0.337 e. The number of nitro groups is 1. The molecule has 2 aromatic heterocycles. The molecule has 0 saturated heterocycles. The monoisotopic (exact) mass is 294 g/mol. The van der Waals surface area contributed by atoms with Gasteiger partial charge in [-0.2, -0.15) is 0 Å². The van der Waals surface area contributed by atoms with Gasteiger partial charge in [0.05, 0.1) is 16.1 Å². The maximum absolute atomic E-state index is 12.1. The van der Waals surface area contributed by atoms with Gasteiger partial charge in [-0.15, -0.1) is 0 Å². The summed E-state index contributed by atoms with van der Waals surface area (Å²) in [6.45, 7) is 2.22. The first-order chi connectivity index (χ1) is 9.52. The minimum absolute atomic E-state index is 0.135. The highest BCUT2D eigenvalue weighted by atomic mass is 35.5. The average molecular weight is 295 g/mol. The number of halogens is 1. The molecule has 0 bridgehead atoms. The van der Waals surface area contributed by atoms with E-state index in [1.807, 2.05) is 0 Å². The molecule has 0 radical (unpaired) electrons. The highest BCUT2D eigenvalue weighted by molar-refractivity contribution is 6.33. The molecule has 104 valence electrons. The SMILES string of the molecule is CCn1cc([N+](=O)[O-])cc1C(=O)Nc1ncccc1Cl. The van der Waals surface area contributed by atoms with Crippen molar-refractivity contribution in [3.8, 4) is 0 Å². The maximum Gasteiger partial charge on any atom is 0.287 e. The van der Waals surface area contributed by atoms with Crippen LogP contribution in [0.2, 0.25) is 5.02 Å². The van der Waals surface area contributed by atoms with E-state index in [0.717, 1.165) is 0 Å². The van der Waals surface area contributed by atoms with Gasteiger partial charge in [-0.3, -0.25) is 14.9 Å². The quantitative estimate of drug-likeness (QED) is 0.693. The molecule has 0 saturated carbocycles. The molecule has 20 heavy (non-hydrogen) atoms. The number of aromatic nitrogens is 2. The number of aryl methyl sites for hydroxylation is 1. The van der Waals surface area contributed by atoms with Crippen LogP contribution in [0.15, 0.2) is 30.6 Å². The minimum atomic E-state index is -0.545. The Labute approximate surface area is 119 Å². The maximum atomic E-state index is 12.1. The highest BCUT2D eigenvalue weighted by Crippen LogP contribution is 2.21. The number of nitrogens with one attached hydrogen (secondary N) is 1. The van der Waals surface area contributed by atoms with E-state index in [1.54, 1.807) is 19.1 Å². The van der Waals surface area contributed by atoms with Gasteiger partial charge in [0, 0.05) is 18.8 Å². The summed E-state index contributed by atoms with van der Waals surface area (Å²) in [5.41, 5.74) is 0.0463. The van der Waals surface area contributed by atoms with Gasteiger partial charge in [0.1, 0.15) is 5.69 Å². The average Bonchev–Trinajstić information content (AvgIpc) is 2.85. The number of hydrogen-bond acceptors (Lipinski definition) is 4. The van der Waals surface area contributed by atoms with Gasteiger partial charge in [-0.05, 0) is 19.1 Å². The normalized spacial score (nSPS) is 10.3. The lowest BCUT2D eigenvalue weighted by Crippen LogP contribution is -2.17. The fraction of sp³-hybridized carbons (Fsp3) is 0.167. The molecule has 0 aliphatic carbocycles. The van der Waals surface area contributed by atoms with Gasteiger partial charge in [0.2, 0.25) is 0 Å². The zero-order valence-electron chi connectivity index (χ0n) is 10.5. The summed E-state index contributed by atoms with van der Waals surface area (Å²) >= 11 is 5.89. The van der Waals surface area contributed by atoms with E-state index in [4.69, 9.17) is 11.6 Å². The molecule has 0 fully saturated rings. The van der Waals surface area contributed by atoms with Crippen molar-refractivity contribution in [2.75, 3.05) is 5.32 Å². The zero-order valence-corrected chi connectivity index (χ0v) is 11.3. The predicted molar refractivity (Wildman–Crippen MR) is 74.0 cm³/mol. The van der Waals surface area contributed by atoms with Crippen molar-refractivity contribution in [3.05, 3.63) is 51.4 Å². The molecular formula is C12H11ClN4O3. The fourth-order valence-electron chi connectivity index (χ4n) is 1.70.